The monoisotopic (exact) mass is 418 g/mol. The maximum atomic E-state index is 12.6. The predicted molar refractivity (Wildman–Crippen MR) is 112 cm³/mol. The van der Waals surface area contributed by atoms with Crippen molar-refractivity contribution in [2.24, 2.45) is 0 Å². The molecule has 1 N–H and O–H groups in total. The van der Waals surface area contributed by atoms with Gasteiger partial charge >= 0.3 is 0 Å². The number of ether oxygens (including phenoxy) is 2. The van der Waals surface area contributed by atoms with Crippen molar-refractivity contribution in [2.45, 2.75) is 25.9 Å². The smallest absolute Gasteiger partial charge is 0.263 e. The molecule has 0 bridgehead atoms. The Bertz CT molecular complexity index is 961. The van der Waals surface area contributed by atoms with E-state index >= 15 is 0 Å². The van der Waals surface area contributed by atoms with Gasteiger partial charge in [-0.3, -0.25) is 9.10 Å². The highest BCUT2D eigenvalue weighted by atomic mass is 32.2. The molecule has 0 spiro atoms. The Morgan fingerprint density at radius 2 is 1.93 bits per heavy atom. The van der Waals surface area contributed by atoms with Crippen LogP contribution in [0.15, 0.2) is 48.5 Å². The Morgan fingerprint density at radius 1 is 1.21 bits per heavy atom. The van der Waals surface area contributed by atoms with Gasteiger partial charge in [-0.15, -0.1) is 0 Å². The van der Waals surface area contributed by atoms with Crippen molar-refractivity contribution in [3.05, 3.63) is 54.1 Å². The molecular weight excluding hydrogens is 392 g/mol. The van der Waals surface area contributed by atoms with Crippen LogP contribution in [0.2, 0.25) is 0 Å². The van der Waals surface area contributed by atoms with E-state index < -0.39 is 16.1 Å². The predicted octanol–water partition coefficient (Wildman–Crippen LogP) is 2.36. The molecule has 0 radical (unpaired) electrons. The van der Waals surface area contributed by atoms with Crippen molar-refractivity contribution in [1.82, 2.24) is 5.32 Å². The standard InChI is InChI=1S/C21H26N2O5S/c1-3-27-18-12-6-4-9-16(18)10-8-14-22-21(24)20-15-23(29(2,25)26)17-11-5-7-13-19(17)28-20/h4-7,9,11-13,20H,3,8,10,14-15H2,1-2H3,(H,22,24)/t20-/m1/s1. The van der Waals surface area contributed by atoms with E-state index in [0.717, 1.165) is 30.4 Å². The molecule has 1 aliphatic rings. The molecule has 0 fully saturated rings. The molecule has 0 aromatic heterocycles. The lowest BCUT2D eigenvalue weighted by Gasteiger charge is -2.33. The largest absolute Gasteiger partial charge is 0.494 e. The van der Waals surface area contributed by atoms with Crippen molar-refractivity contribution >= 4 is 21.6 Å². The van der Waals surface area contributed by atoms with Crippen LogP contribution in [0.4, 0.5) is 5.69 Å². The number of nitrogens with one attached hydrogen (secondary N) is 1. The van der Waals surface area contributed by atoms with Gasteiger partial charge in [0.15, 0.2) is 6.10 Å². The van der Waals surface area contributed by atoms with Crippen LogP contribution in [0.5, 0.6) is 11.5 Å². The number of sulfonamides is 1. The zero-order valence-electron chi connectivity index (χ0n) is 16.6. The normalized spacial score (nSPS) is 15.9. The number of carbonyl (C=O) groups excluding carboxylic acids is 1. The molecule has 7 nitrogen and oxygen atoms in total. The van der Waals surface area contributed by atoms with Gasteiger partial charge in [-0.2, -0.15) is 0 Å². The number of rotatable bonds is 8. The molecule has 1 amide bonds. The highest BCUT2D eigenvalue weighted by Crippen LogP contribution is 2.34. The van der Waals surface area contributed by atoms with Crippen molar-refractivity contribution in [1.29, 1.82) is 0 Å². The summed E-state index contributed by atoms with van der Waals surface area (Å²) in [5, 5.41) is 2.85. The summed E-state index contributed by atoms with van der Waals surface area (Å²) in [7, 11) is -3.52. The SMILES string of the molecule is CCOc1ccccc1CCCNC(=O)[C@H]1CN(S(C)(=O)=O)c2ccccc2O1. The van der Waals surface area contributed by atoms with E-state index in [4.69, 9.17) is 9.47 Å². The number of hydrogen-bond acceptors (Lipinski definition) is 5. The fourth-order valence-electron chi connectivity index (χ4n) is 3.26. The number of carbonyl (C=O) groups is 1. The van der Waals surface area contributed by atoms with Crippen LogP contribution in [-0.4, -0.2) is 46.4 Å². The highest BCUT2D eigenvalue weighted by Gasteiger charge is 2.34. The minimum Gasteiger partial charge on any atom is -0.494 e. The molecule has 1 atom stereocenters. The zero-order chi connectivity index (χ0) is 20.9. The summed E-state index contributed by atoms with van der Waals surface area (Å²) >= 11 is 0. The summed E-state index contributed by atoms with van der Waals surface area (Å²) < 4.78 is 36.9. The van der Waals surface area contributed by atoms with E-state index in [1.807, 2.05) is 31.2 Å². The number of anilines is 1. The molecule has 2 aromatic carbocycles. The van der Waals surface area contributed by atoms with Gasteiger partial charge in [0, 0.05) is 6.54 Å². The quantitative estimate of drug-likeness (QED) is 0.666. The van der Waals surface area contributed by atoms with Crippen LogP contribution < -0.4 is 19.1 Å². The lowest BCUT2D eigenvalue weighted by molar-refractivity contribution is -0.127. The number of hydrogen-bond donors (Lipinski definition) is 1. The topological polar surface area (TPSA) is 84.9 Å². The first-order valence-electron chi connectivity index (χ1n) is 9.62. The lowest BCUT2D eigenvalue weighted by atomic mass is 10.1. The van der Waals surface area contributed by atoms with Gasteiger partial charge in [-0.05, 0) is 43.5 Å². The minimum atomic E-state index is -3.52. The van der Waals surface area contributed by atoms with Gasteiger partial charge in [0.2, 0.25) is 10.0 Å². The average molecular weight is 419 g/mol. The van der Waals surface area contributed by atoms with Crippen molar-refractivity contribution < 1.29 is 22.7 Å². The van der Waals surface area contributed by atoms with Gasteiger partial charge in [0.1, 0.15) is 11.5 Å². The summed E-state index contributed by atoms with van der Waals surface area (Å²) in [6.45, 7) is 2.96. The number of amides is 1. The highest BCUT2D eigenvalue weighted by molar-refractivity contribution is 7.92. The first kappa shape index (κ1) is 21.0. The molecule has 8 heteroatoms. The molecule has 29 heavy (non-hydrogen) atoms. The molecule has 1 heterocycles. The molecule has 3 rings (SSSR count). The summed E-state index contributed by atoms with van der Waals surface area (Å²) in [5.41, 5.74) is 1.54. The van der Waals surface area contributed by atoms with Crippen LogP contribution in [0, 0.1) is 0 Å². The van der Waals surface area contributed by atoms with Gasteiger partial charge in [0.05, 0.1) is 25.1 Å². The lowest BCUT2D eigenvalue weighted by Crippen LogP contribution is -2.50. The molecular formula is C21H26N2O5S. The summed E-state index contributed by atoms with van der Waals surface area (Å²) in [5.74, 6) is 0.915. The maximum Gasteiger partial charge on any atom is 0.263 e. The zero-order valence-corrected chi connectivity index (χ0v) is 17.4. The Hall–Kier alpha value is -2.74. The van der Waals surface area contributed by atoms with E-state index in [9.17, 15) is 13.2 Å². The van der Waals surface area contributed by atoms with Crippen LogP contribution in [-0.2, 0) is 21.2 Å². The van der Waals surface area contributed by atoms with Crippen molar-refractivity contribution in [3.63, 3.8) is 0 Å². The van der Waals surface area contributed by atoms with Crippen LogP contribution in [0.1, 0.15) is 18.9 Å². The molecule has 0 saturated carbocycles. The number of benzene rings is 2. The molecule has 0 saturated heterocycles. The molecule has 2 aromatic rings. The van der Waals surface area contributed by atoms with Crippen LogP contribution in [0.25, 0.3) is 0 Å². The number of fused-ring (bicyclic) bond motifs is 1. The second kappa shape index (κ2) is 9.17. The Morgan fingerprint density at radius 3 is 2.69 bits per heavy atom. The van der Waals surface area contributed by atoms with Crippen LogP contribution >= 0.6 is 0 Å². The third-order valence-electron chi connectivity index (χ3n) is 4.62. The summed E-state index contributed by atoms with van der Waals surface area (Å²) in [6, 6.07) is 14.7. The first-order valence-corrected chi connectivity index (χ1v) is 11.5. The average Bonchev–Trinajstić information content (AvgIpc) is 2.70. The van der Waals surface area contributed by atoms with E-state index in [0.29, 0.717) is 24.6 Å². The first-order chi connectivity index (χ1) is 13.9. The second-order valence-electron chi connectivity index (χ2n) is 6.80. The minimum absolute atomic E-state index is 0.0468. The van der Waals surface area contributed by atoms with Gasteiger partial charge < -0.3 is 14.8 Å². The van der Waals surface area contributed by atoms with Crippen molar-refractivity contribution in [3.8, 4) is 11.5 Å². The van der Waals surface area contributed by atoms with Crippen molar-refractivity contribution in [2.75, 3.05) is 30.3 Å². The second-order valence-corrected chi connectivity index (χ2v) is 8.71. The van der Waals surface area contributed by atoms with Crippen LogP contribution in [0.3, 0.4) is 0 Å². The number of aryl methyl sites for hydroxylation is 1. The fraction of sp³-hybridized carbons (Fsp3) is 0.381. The Balaban J connectivity index is 1.58. The van der Waals surface area contributed by atoms with E-state index in [1.54, 1.807) is 24.3 Å². The summed E-state index contributed by atoms with van der Waals surface area (Å²) in [6.07, 6.45) is 1.73. The molecule has 156 valence electrons. The fourth-order valence-corrected chi connectivity index (χ4v) is 4.18. The van der Waals surface area contributed by atoms with Gasteiger partial charge in [-0.25, -0.2) is 8.42 Å². The van der Waals surface area contributed by atoms with Gasteiger partial charge in [0.25, 0.3) is 5.91 Å². The molecule has 0 unspecified atom stereocenters. The Labute approximate surface area is 171 Å². The molecule has 0 aliphatic carbocycles. The third-order valence-corrected chi connectivity index (χ3v) is 5.77. The number of para-hydroxylation sites is 3. The molecule has 1 aliphatic heterocycles. The maximum absolute atomic E-state index is 12.6. The number of nitrogens with zero attached hydrogens (tertiary/aromatic N) is 1. The Kier molecular flexibility index (Phi) is 6.64. The van der Waals surface area contributed by atoms with E-state index in [2.05, 4.69) is 5.32 Å². The van der Waals surface area contributed by atoms with Gasteiger partial charge in [-0.1, -0.05) is 30.3 Å². The van der Waals surface area contributed by atoms with E-state index in [-0.39, 0.29) is 12.5 Å². The third kappa shape index (κ3) is 5.20. The van der Waals surface area contributed by atoms with E-state index in [1.165, 1.54) is 4.31 Å². The summed E-state index contributed by atoms with van der Waals surface area (Å²) in [4.78, 5) is 12.6.